The number of nitrogens with zero attached hydrogens (tertiary/aromatic N) is 3. The van der Waals surface area contributed by atoms with Crippen LogP contribution in [0.15, 0.2) is 29.2 Å². The van der Waals surface area contributed by atoms with Crippen molar-refractivity contribution in [2.45, 2.75) is 32.9 Å². The Morgan fingerprint density at radius 2 is 2.27 bits per heavy atom. The van der Waals surface area contributed by atoms with Gasteiger partial charge in [-0.1, -0.05) is 6.07 Å². The molecule has 2 unspecified atom stereocenters. The number of likely N-dealkylation sites (tertiary alicyclic amines) is 1. The highest BCUT2D eigenvalue weighted by Gasteiger charge is 2.25. The lowest BCUT2D eigenvalue weighted by Crippen LogP contribution is -2.30. The van der Waals surface area contributed by atoms with Crippen molar-refractivity contribution in [1.82, 2.24) is 14.3 Å². The third kappa shape index (κ3) is 3.32. The molecule has 2 aromatic rings. The summed E-state index contributed by atoms with van der Waals surface area (Å²) in [5.74, 6) is 0.549. The standard InChI is InChI=1S/C16H22N4O.ClH/c1-11-4-3-6-20-15(21)8-14(18-16(11)20)10-19-7-5-13(9-19)12(2)17;/h3-4,6,8,12-13H,5,7,9-10,17H2,1-2H3;1H. The Bertz CT molecular complexity index is 713. The van der Waals surface area contributed by atoms with Gasteiger partial charge in [0.25, 0.3) is 5.56 Å². The molecule has 0 aliphatic carbocycles. The van der Waals surface area contributed by atoms with E-state index in [1.807, 2.05) is 19.1 Å². The summed E-state index contributed by atoms with van der Waals surface area (Å²) in [5, 5.41) is 0. The zero-order chi connectivity index (χ0) is 15.0. The molecule has 0 radical (unpaired) electrons. The summed E-state index contributed by atoms with van der Waals surface area (Å²) in [6.07, 6.45) is 2.90. The van der Waals surface area contributed by atoms with Gasteiger partial charge in [0.15, 0.2) is 0 Å². The minimum absolute atomic E-state index is 0. The summed E-state index contributed by atoms with van der Waals surface area (Å²) in [7, 11) is 0. The average Bonchev–Trinajstić information content (AvgIpc) is 2.89. The third-order valence-electron chi connectivity index (χ3n) is 4.38. The topological polar surface area (TPSA) is 63.6 Å². The lowest BCUT2D eigenvalue weighted by molar-refractivity contribution is 0.305. The summed E-state index contributed by atoms with van der Waals surface area (Å²) in [6.45, 7) is 6.79. The van der Waals surface area contributed by atoms with Crippen LogP contribution in [0, 0.1) is 12.8 Å². The average molecular weight is 323 g/mol. The van der Waals surface area contributed by atoms with Crippen molar-refractivity contribution in [3.05, 3.63) is 46.0 Å². The number of pyridine rings is 1. The maximum absolute atomic E-state index is 12.2. The molecule has 22 heavy (non-hydrogen) atoms. The van der Waals surface area contributed by atoms with Crippen LogP contribution in [0.2, 0.25) is 0 Å². The van der Waals surface area contributed by atoms with Crippen molar-refractivity contribution >= 4 is 18.1 Å². The molecular formula is C16H23ClN4O. The van der Waals surface area contributed by atoms with Crippen LogP contribution in [0.3, 0.4) is 0 Å². The van der Waals surface area contributed by atoms with Gasteiger partial charge >= 0.3 is 0 Å². The number of aryl methyl sites for hydroxylation is 1. The number of hydrogen-bond donors (Lipinski definition) is 1. The van der Waals surface area contributed by atoms with Crippen LogP contribution in [0.25, 0.3) is 5.65 Å². The van der Waals surface area contributed by atoms with E-state index in [4.69, 9.17) is 5.73 Å². The largest absolute Gasteiger partial charge is 0.328 e. The first-order valence-corrected chi connectivity index (χ1v) is 7.50. The second-order valence-electron chi connectivity index (χ2n) is 6.11. The van der Waals surface area contributed by atoms with Crippen molar-refractivity contribution < 1.29 is 0 Å². The lowest BCUT2D eigenvalue weighted by Gasteiger charge is -2.17. The van der Waals surface area contributed by atoms with E-state index in [2.05, 4.69) is 16.8 Å². The van der Waals surface area contributed by atoms with Gasteiger partial charge in [0.05, 0.1) is 5.69 Å². The monoisotopic (exact) mass is 322 g/mol. The summed E-state index contributed by atoms with van der Waals surface area (Å²) in [6, 6.07) is 5.73. The van der Waals surface area contributed by atoms with Crippen LogP contribution in [-0.4, -0.2) is 33.4 Å². The zero-order valence-electron chi connectivity index (χ0n) is 13.0. The SMILES string of the molecule is Cc1cccn2c(=O)cc(CN3CCC(C(C)N)C3)nc12.Cl. The van der Waals surface area contributed by atoms with Crippen molar-refractivity contribution in [2.75, 3.05) is 13.1 Å². The Labute approximate surface area is 136 Å². The van der Waals surface area contributed by atoms with Crippen molar-refractivity contribution in [1.29, 1.82) is 0 Å². The smallest absolute Gasteiger partial charge is 0.258 e. The molecule has 2 aromatic heterocycles. The normalized spacial score (nSPS) is 20.0. The van der Waals surface area contributed by atoms with Crippen LogP contribution in [0.4, 0.5) is 0 Å². The fourth-order valence-corrected chi connectivity index (χ4v) is 3.05. The van der Waals surface area contributed by atoms with E-state index < -0.39 is 0 Å². The summed E-state index contributed by atoms with van der Waals surface area (Å²) in [4.78, 5) is 19.2. The fourth-order valence-electron chi connectivity index (χ4n) is 3.05. The highest BCUT2D eigenvalue weighted by atomic mass is 35.5. The van der Waals surface area contributed by atoms with E-state index in [0.29, 0.717) is 5.92 Å². The summed E-state index contributed by atoms with van der Waals surface area (Å²) in [5.41, 5.74) is 8.58. The van der Waals surface area contributed by atoms with Gasteiger partial charge in [-0.2, -0.15) is 0 Å². The van der Waals surface area contributed by atoms with Crippen molar-refractivity contribution in [3.8, 4) is 0 Å². The maximum atomic E-state index is 12.2. The number of halogens is 1. The minimum Gasteiger partial charge on any atom is -0.328 e. The third-order valence-corrected chi connectivity index (χ3v) is 4.38. The van der Waals surface area contributed by atoms with E-state index in [1.165, 1.54) is 0 Å². The van der Waals surface area contributed by atoms with E-state index in [1.54, 1.807) is 16.7 Å². The van der Waals surface area contributed by atoms with Crippen LogP contribution in [0.1, 0.15) is 24.6 Å². The molecule has 5 nitrogen and oxygen atoms in total. The molecular weight excluding hydrogens is 300 g/mol. The molecule has 1 aliphatic rings. The predicted molar refractivity (Wildman–Crippen MR) is 90.5 cm³/mol. The van der Waals surface area contributed by atoms with Gasteiger partial charge in [0.1, 0.15) is 5.65 Å². The van der Waals surface area contributed by atoms with Crippen LogP contribution in [0.5, 0.6) is 0 Å². The number of rotatable bonds is 3. The number of hydrogen-bond acceptors (Lipinski definition) is 4. The summed E-state index contributed by atoms with van der Waals surface area (Å²) >= 11 is 0. The Kier molecular flexibility index (Phi) is 5.21. The highest BCUT2D eigenvalue weighted by molar-refractivity contribution is 5.85. The molecule has 2 N–H and O–H groups in total. The van der Waals surface area contributed by atoms with Crippen molar-refractivity contribution in [2.24, 2.45) is 11.7 Å². The second-order valence-corrected chi connectivity index (χ2v) is 6.11. The van der Waals surface area contributed by atoms with Gasteiger partial charge in [0.2, 0.25) is 0 Å². The maximum Gasteiger partial charge on any atom is 0.258 e. The van der Waals surface area contributed by atoms with Gasteiger partial charge in [-0.25, -0.2) is 4.98 Å². The molecule has 120 valence electrons. The van der Waals surface area contributed by atoms with Crippen LogP contribution >= 0.6 is 12.4 Å². The second kappa shape index (κ2) is 6.77. The number of aromatic nitrogens is 2. The predicted octanol–water partition coefficient (Wildman–Crippen LogP) is 1.59. The molecule has 0 amide bonds. The molecule has 2 atom stereocenters. The van der Waals surface area contributed by atoms with Gasteiger partial charge in [-0.15, -0.1) is 12.4 Å². The Hall–Kier alpha value is -1.43. The quantitative estimate of drug-likeness (QED) is 0.932. The summed E-state index contributed by atoms with van der Waals surface area (Å²) < 4.78 is 1.60. The van der Waals surface area contributed by atoms with Gasteiger partial charge in [-0.3, -0.25) is 14.1 Å². The number of fused-ring (bicyclic) bond motifs is 1. The molecule has 3 heterocycles. The molecule has 0 aromatic carbocycles. The molecule has 3 rings (SSSR count). The zero-order valence-corrected chi connectivity index (χ0v) is 13.8. The minimum atomic E-state index is -0.0124. The van der Waals surface area contributed by atoms with Crippen LogP contribution in [-0.2, 0) is 6.54 Å². The molecule has 0 saturated carbocycles. The van der Waals surface area contributed by atoms with Crippen LogP contribution < -0.4 is 11.3 Å². The Balaban J connectivity index is 0.00000176. The van der Waals surface area contributed by atoms with E-state index in [9.17, 15) is 4.79 Å². The van der Waals surface area contributed by atoms with E-state index in [-0.39, 0.29) is 24.0 Å². The molecule has 6 heteroatoms. The molecule has 0 bridgehead atoms. The molecule has 0 spiro atoms. The first-order valence-electron chi connectivity index (χ1n) is 7.50. The highest BCUT2D eigenvalue weighted by Crippen LogP contribution is 2.20. The van der Waals surface area contributed by atoms with Gasteiger partial charge in [-0.05, 0) is 44.4 Å². The lowest BCUT2D eigenvalue weighted by atomic mass is 10.0. The van der Waals surface area contributed by atoms with Gasteiger partial charge in [0, 0.05) is 31.4 Å². The fraction of sp³-hybridized carbons (Fsp3) is 0.500. The van der Waals surface area contributed by atoms with E-state index >= 15 is 0 Å². The Morgan fingerprint density at radius 3 is 2.95 bits per heavy atom. The molecule has 1 fully saturated rings. The van der Waals surface area contributed by atoms with Gasteiger partial charge < -0.3 is 5.73 Å². The Morgan fingerprint density at radius 1 is 1.50 bits per heavy atom. The molecule has 1 saturated heterocycles. The van der Waals surface area contributed by atoms with Crippen molar-refractivity contribution in [3.63, 3.8) is 0 Å². The van der Waals surface area contributed by atoms with E-state index in [0.717, 1.165) is 43.0 Å². The number of nitrogens with two attached hydrogens (primary N) is 1. The molecule has 1 aliphatic heterocycles. The first-order chi connectivity index (χ1) is 10.0. The first kappa shape index (κ1) is 16.9.